The number of ketones is 1. The highest BCUT2D eigenvalue weighted by molar-refractivity contribution is 7.99. The molecule has 2 rings (SSSR count). The third-order valence-electron chi connectivity index (χ3n) is 2.78. The Kier molecular flexibility index (Phi) is 4.45. The Bertz CT molecular complexity index is 372. The number of carbonyl (C=O) groups is 1. The van der Waals surface area contributed by atoms with Crippen LogP contribution in [0.2, 0.25) is 0 Å². The molecule has 0 aromatic heterocycles. The molecule has 1 aromatic carbocycles. The van der Waals surface area contributed by atoms with Crippen molar-refractivity contribution in [3.8, 4) is 5.75 Å². The number of benzene rings is 1. The molecule has 1 fully saturated rings. The molecule has 0 spiro atoms. The van der Waals surface area contributed by atoms with Crippen molar-refractivity contribution in [1.29, 1.82) is 0 Å². The third-order valence-corrected chi connectivity index (χ3v) is 3.97. The molecular weight excluding hydrogens is 234 g/mol. The monoisotopic (exact) mass is 251 g/mol. The van der Waals surface area contributed by atoms with Crippen LogP contribution >= 0.6 is 11.8 Å². The minimum absolute atomic E-state index is 0.0372. The normalized spacial score (nSPS) is 19.9. The summed E-state index contributed by atoms with van der Waals surface area (Å²) in [6.45, 7) is 0.0550. The fourth-order valence-electron chi connectivity index (χ4n) is 1.83. The summed E-state index contributed by atoms with van der Waals surface area (Å²) in [6.07, 6.45) is 2.65. The number of hydrogen-bond acceptors (Lipinski definition) is 4. The van der Waals surface area contributed by atoms with Crippen molar-refractivity contribution in [2.75, 3.05) is 18.1 Å². The van der Waals surface area contributed by atoms with E-state index < -0.39 is 0 Å². The second-order valence-corrected chi connectivity index (χ2v) is 5.26. The molecule has 1 aromatic rings. The highest BCUT2D eigenvalue weighted by Gasteiger charge is 2.15. The van der Waals surface area contributed by atoms with E-state index in [1.165, 1.54) is 12.2 Å². The van der Waals surface area contributed by atoms with Crippen molar-refractivity contribution in [2.45, 2.75) is 18.9 Å². The summed E-state index contributed by atoms with van der Waals surface area (Å²) in [7, 11) is 0. The lowest BCUT2D eigenvalue weighted by molar-refractivity contribution is 0.100. The zero-order valence-corrected chi connectivity index (χ0v) is 10.5. The van der Waals surface area contributed by atoms with Gasteiger partial charge < -0.3 is 10.5 Å². The zero-order chi connectivity index (χ0) is 12.1. The van der Waals surface area contributed by atoms with E-state index in [4.69, 9.17) is 10.5 Å². The van der Waals surface area contributed by atoms with Crippen LogP contribution in [0.1, 0.15) is 23.2 Å². The Labute approximate surface area is 106 Å². The molecule has 0 bridgehead atoms. The van der Waals surface area contributed by atoms with Gasteiger partial charge >= 0.3 is 0 Å². The minimum Gasteiger partial charge on any atom is -0.490 e. The Morgan fingerprint density at radius 2 is 2.18 bits per heavy atom. The van der Waals surface area contributed by atoms with Gasteiger partial charge in [0.05, 0.1) is 6.54 Å². The van der Waals surface area contributed by atoms with E-state index in [1.807, 2.05) is 23.9 Å². The van der Waals surface area contributed by atoms with Crippen LogP contribution in [-0.4, -0.2) is 29.9 Å². The number of thioether (sulfide) groups is 1. The van der Waals surface area contributed by atoms with E-state index in [2.05, 4.69) is 0 Å². The van der Waals surface area contributed by atoms with Crippen LogP contribution in [0.3, 0.4) is 0 Å². The molecule has 1 heterocycles. The molecule has 0 amide bonds. The molecule has 17 heavy (non-hydrogen) atoms. The standard InChI is InChI=1S/C13H17NO2S/c14-8-13(15)10-3-5-11(6-4-10)16-12-2-1-7-17-9-12/h3-6,12H,1-2,7-9,14H2. The highest BCUT2D eigenvalue weighted by atomic mass is 32.2. The molecule has 92 valence electrons. The number of nitrogens with two attached hydrogens (primary N) is 1. The largest absolute Gasteiger partial charge is 0.490 e. The van der Waals surface area contributed by atoms with Crippen LogP contribution in [0, 0.1) is 0 Å². The summed E-state index contributed by atoms with van der Waals surface area (Å²) in [6, 6.07) is 7.26. The molecule has 0 aliphatic carbocycles. The molecule has 0 saturated carbocycles. The summed E-state index contributed by atoms with van der Waals surface area (Å²) in [5, 5.41) is 0. The number of hydrogen-bond donors (Lipinski definition) is 1. The van der Waals surface area contributed by atoms with E-state index in [-0.39, 0.29) is 12.3 Å². The molecule has 2 N–H and O–H groups in total. The molecule has 1 atom stereocenters. The fraction of sp³-hybridized carbons (Fsp3) is 0.462. The Hall–Kier alpha value is -1.00. The Morgan fingerprint density at radius 3 is 2.76 bits per heavy atom. The lowest BCUT2D eigenvalue weighted by Gasteiger charge is -2.22. The second kappa shape index (κ2) is 6.07. The van der Waals surface area contributed by atoms with E-state index in [0.717, 1.165) is 17.9 Å². The van der Waals surface area contributed by atoms with E-state index in [1.54, 1.807) is 12.1 Å². The van der Waals surface area contributed by atoms with Gasteiger partial charge in [-0.05, 0) is 42.9 Å². The van der Waals surface area contributed by atoms with Crippen LogP contribution in [0.4, 0.5) is 0 Å². The Balaban J connectivity index is 1.95. The van der Waals surface area contributed by atoms with Crippen molar-refractivity contribution in [3.63, 3.8) is 0 Å². The first-order valence-electron chi connectivity index (χ1n) is 5.87. The van der Waals surface area contributed by atoms with Gasteiger partial charge in [-0.2, -0.15) is 11.8 Å². The lowest BCUT2D eigenvalue weighted by atomic mass is 10.1. The van der Waals surface area contributed by atoms with Crippen LogP contribution in [0.25, 0.3) is 0 Å². The van der Waals surface area contributed by atoms with Gasteiger partial charge in [0, 0.05) is 11.3 Å². The zero-order valence-electron chi connectivity index (χ0n) is 9.72. The first-order valence-corrected chi connectivity index (χ1v) is 7.03. The topological polar surface area (TPSA) is 52.3 Å². The maximum Gasteiger partial charge on any atom is 0.176 e. The average Bonchev–Trinajstić information content (AvgIpc) is 2.40. The molecule has 1 unspecified atom stereocenters. The smallest absolute Gasteiger partial charge is 0.176 e. The van der Waals surface area contributed by atoms with Gasteiger partial charge in [-0.15, -0.1) is 0 Å². The van der Waals surface area contributed by atoms with Crippen LogP contribution < -0.4 is 10.5 Å². The number of Topliss-reactive ketones (excluding diaryl/α,β-unsaturated/α-hetero) is 1. The van der Waals surface area contributed by atoms with Crippen molar-refractivity contribution >= 4 is 17.5 Å². The molecule has 1 aliphatic rings. The lowest BCUT2D eigenvalue weighted by Crippen LogP contribution is -2.23. The quantitative estimate of drug-likeness (QED) is 0.833. The first kappa shape index (κ1) is 12.5. The fourth-order valence-corrected chi connectivity index (χ4v) is 2.87. The highest BCUT2D eigenvalue weighted by Crippen LogP contribution is 2.22. The molecular formula is C13H17NO2S. The van der Waals surface area contributed by atoms with Gasteiger partial charge in [-0.1, -0.05) is 0 Å². The average molecular weight is 251 g/mol. The molecule has 3 nitrogen and oxygen atoms in total. The van der Waals surface area contributed by atoms with Crippen molar-refractivity contribution in [1.82, 2.24) is 0 Å². The maximum absolute atomic E-state index is 11.3. The van der Waals surface area contributed by atoms with Gasteiger partial charge in [0.1, 0.15) is 11.9 Å². The summed E-state index contributed by atoms with van der Waals surface area (Å²) in [5.41, 5.74) is 5.96. The summed E-state index contributed by atoms with van der Waals surface area (Å²) >= 11 is 1.94. The van der Waals surface area contributed by atoms with E-state index in [0.29, 0.717) is 11.7 Å². The van der Waals surface area contributed by atoms with Crippen molar-refractivity contribution in [3.05, 3.63) is 29.8 Å². The van der Waals surface area contributed by atoms with Gasteiger partial charge in [-0.25, -0.2) is 0 Å². The van der Waals surface area contributed by atoms with Gasteiger partial charge in [0.15, 0.2) is 5.78 Å². The summed E-state index contributed by atoms with van der Waals surface area (Å²) in [4.78, 5) is 11.3. The summed E-state index contributed by atoms with van der Waals surface area (Å²) < 4.78 is 5.86. The molecule has 1 saturated heterocycles. The third kappa shape index (κ3) is 3.48. The van der Waals surface area contributed by atoms with Gasteiger partial charge in [0.25, 0.3) is 0 Å². The molecule has 1 aliphatic heterocycles. The van der Waals surface area contributed by atoms with Crippen LogP contribution in [-0.2, 0) is 0 Å². The molecule has 0 radical (unpaired) electrons. The van der Waals surface area contributed by atoms with E-state index >= 15 is 0 Å². The van der Waals surface area contributed by atoms with Crippen LogP contribution in [0.15, 0.2) is 24.3 Å². The number of carbonyl (C=O) groups excluding carboxylic acids is 1. The summed E-state index contributed by atoms with van der Waals surface area (Å²) in [5.74, 6) is 3.10. The predicted octanol–water partition coefficient (Wildman–Crippen LogP) is 2.10. The Morgan fingerprint density at radius 1 is 1.41 bits per heavy atom. The number of rotatable bonds is 4. The second-order valence-electron chi connectivity index (χ2n) is 4.11. The van der Waals surface area contributed by atoms with E-state index in [9.17, 15) is 4.79 Å². The van der Waals surface area contributed by atoms with Crippen molar-refractivity contribution in [2.24, 2.45) is 5.73 Å². The maximum atomic E-state index is 11.3. The van der Waals surface area contributed by atoms with Gasteiger partial charge in [0.2, 0.25) is 0 Å². The van der Waals surface area contributed by atoms with Crippen molar-refractivity contribution < 1.29 is 9.53 Å². The number of ether oxygens (including phenoxy) is 1. The van der Waals surface area contributed by atoms with Gasteiger partial charge in [-0.3, -0.25) is 4.79 Å². The predicted molar refractivity (Wildman–Crippen MR) is 70.8 cm³/mol. The first-order chi connectivity index (χ1) is 8.29. The van der Waals surface area contributed by atoms with Crippen LogP contribution in [0.5, 0.6) is 5.75 Å². The minimum atomic E-state index is -0.0372. The molecule has 4 heteroatoms. The SMILES string of the molecule is NCC(=O)c1ccc(OC2CCCSC2)cc1.